The quantitative estimate of drug-likeness (QED) is 0.106. The fourth-order valence-corrected chi connectivity index (χ4v) is 15.4. The third kappa shape index (κ3) is 6.35. The van der Waals surface area contributed by atoms with Crippen molar-refractivity contribution in [3.8, 4) is 0 Å². The van der Waals surface area contributed by atoms with E-state index in [-0.39, 0.29) is 6.71 Å². The van der Waals surface area contributed by atoms with Crippen LogP contribution in [0.4, 0.5) is 51.2 Å². The summed E-state index contributed by atoms with van der Waals surface area (Å²) in [6.07, 6.45) is 0. The molecule has 0 spiro atoms. The fourth-order valence-electron chi connectivity index (χ4n) is 10.7. The first-order valence-corrected chi connectivity index (χ1v) is 24.5. The maximum absolute atomic E-state index is 3.03. The lowest BCUT2D eigenvalue weighted by molar-refractivity contribution is 1.24. The molecule has 0 saturated carbocycles. The second-order valence-corrected chi connectivity index (χ2v) is 20.7. The Balaban J connectivity index is 1.22. The fraction of sp³-hybridized carbons (Fsp3) is 0. The van der Waals surface area contributed by atoms with Gasteiger partial charge in [-0.25, -0.2) is 0 Å². The first-order valence-electron chi connectivity index (χ1n) is 22.5. The van der Waals surface area contributed by atoms with E-state index in [1.165, 1.54) is 59.9 Å². The topological polar surface area (TPSA) is 9.72 Å². The molecule has 2 heterocycles. The largest absolute Gasteiger partial charge is 0.311 e. The number of hydrogen-bond donors (Lipinski definition) is 0. The van der Waals surface area contributed by atoms with E-state index < -0.39 is 8.07 Å². The number of para-hydroxylation sites is 5. The Morgan fingerprint density at radius 3 is 1.15 bits per heavy atom. The summed E-state index contributed by atoms with van der Waals surface area (Å²) in [5, 5.41) is 5.35. The Morgan fingerprint density at radius 2 is 0.677 bits per heavy atom. The van der Waals surface area contributed by atoms with E-state index in [0.29, 0.717) is 0 Å². The van der Waals surface area contributed by atoms with Crippen molar-refractivity contribution in [2.75, 3.05) is 14.7 Å². The van der Waals surface area contributed by atoms with Gasteiger partial charge in [-0.1, -0.05) is 188 Å². The molecule has 10 aromatic carbocycles. The van der Waals surface area contributed by atoms with Gasteiger partial charge in [0, 0.05) is 51.2 Å². The molecule has 0 unspecified atom stereocenters. The van der Waals surface area contributed by atoms with Crippen LogP contribution in [0.3, 0.4) is 0 Å². The number of benzene rings is 10. The molecule has 5 heteroatoms. The van der Waals surface area contributed by atoms with E-state index in [2.05, 4.69) is 282 Å². The Kier molecular flexibility index (Phi) is 9.62. The second kappa shape index (κ2) is 16.2. The zero-order valence-corrected chi connectivity index (χ0v) is 36.8. The van der Waals surface area contributed by atoms with Gasteiger partial charge in [-0.05, 0) is 116 Å². The van der Waals surface area contributed by atoms with E-state index in [1.54, 1.807) is 0 Å². The maximum Gasteiger partial charge on any atom is 0.252 e. The van der Waals surface area contributed by atoms with Crippen LogP contribution in [0.1, 0.15) is 0 Å². The Labute approximate surface area is 382 Å². The molecule has 12 rings (SSSR count). The molecule has 3 nitrogen and oxygen atoms in total. The molecule has 0 bridgehead atoms. The SMILES string of the molecule is c1ccc(N(c2ccccc2)c2ccc3c(c2)N(c2ccccc2)c2cc([Si](c4ccccc4)(c4ccccc4)c4ccccc4)cc4c2B3c2ccccc2N4c2ccccc2)cc1. The van der Waals surface area contributed by atoms with Crippen LogP contribution in [0.5, 0.6) is 0 Å². The second-order valence-electron chi connectivity index (χ2n) is 16.9. The zero-order valence-electron chi connectivity index (χ0n) is 35.8. The Morgan fingerprint density at radius 1 is 0.292 bits per heavy atom. The van der Waals surface area contributed by atoms with E-state index >= 15 is 0 Å². The summed E-state index contributed by atoms with van der Waals surface area (Å²) < 4.78 is 0. The van der Waals surface area contributed by atoms with Gasteiger partial charge in [-0.3, -0.25) is 0 Å². The van der Waals surface area contributed by atoms with Crippen LogP contribution < -0.4 is 51.8 Å². The average molecular weight is 846 g/mol. The van der Waals surface area contributed by atoms with Crippen molar-refractivity contribution in [1.29, 1.82) is 0 Å². The lowest BCUT2D eigenvalue weighted by Gasteiger charge is -2.46. The van der Waals surface area contributed by atoms with Gasteiger partial charge in [0.2, 0.25) is 0 Å². The zero-order chi connectivity index (χ0) is 43.2. The van der Waals surface area contributed by atoms with Crippen LogP contribution in [-0.4, -0.2) is 14.8 Å². The molecule has 306 valence electrons. The highest BCUT2D eigenvalue weighted by Crippen LogP contribution is 2.45. The van der Waals surface area contributed by atoms with Crippen molar-refractivity contribution in [2.24, 2.45) is 0 Å². The molecule has 0 atom stereocenters. The highest BCUT2D eigenvalue weighted by Gasteiger charge is 2.47. The number of fused-ring (bicyclic) bond motifs is 4. The first-order chi connectivity index (χ1) is 32.3. The molecule has 0 saturated heterocycles. The molecule has 0 N–H and O–H groups in total. The van der Waals surface area contributed by atoms with Gasteiger partial charge in [0.05, 0.1) is 0 Å². The smallest absolute Gasteiger partial charge is 0.252 e. The van der Waals surface area contributed by atoms with Crippen molar-refractivity contribution in [2.45, 2.75) is 0 Å². The molecular formula is C60H44BN3Si. The van der Waals surface area contributed by atoms with Crippen molar-refractivity contribution < 1.29 is 0 Å². The summed E-state index contributed by atoms with van der Waals surface area (Å²) in [5.74, 6) is 0. The van der Waals surface area contributed by atoms with Crippen LogP contribution >= 0.6 is 0 Å². The number of rotatable bonds is 9. The molecule has 0 aromatic heterocycles. The van der Waals surface area contributed by atoms with Gasteiger partial charge >= 0.3 is 0 Å². The third-order valence-electron chi connectivity index (χ3n) is 13.3. The number of anilines is 9. The lowest BCUT2D eigenvalue weighted by atomic mass is 9.33. The highest BCUT2D eigenvalue weighted by molar-refractivity contribution is 7.20. The predicted molar refractivity (Wildman–Crippen MR) is 279 cm³/mol. The van der Waals surface area contributed by atoms with Gasteiger partial charge in [0.15, 0.2) is 8.07 Å². The predicted octanol–water partition coefficient (Wildman–Crippen LogP) is 10.6. The minimum absolute atomic E-state index is 0.0302. The van der Waals surface area contributed by atoms with E-state index in [4.69, 9.17) is 0 Å². The minimum Gasteiger partial charge on any atom is -0.311 e. The molecule has 2 aliphatic heterocycles. The van der Waals surface area contributed by atoms with Crippen molar-refractivity contribution >= 4 is 103 Å². The summed E-state index contributed by atoms with van der Waals surface area (Å²) >= 11 is 0. The molecular weight excluding hydrogens is 802 g/mol. The Bertz CT molecular complexity index is 3130. The van der Waals surface area contributed by atoms with Crippen LogP contribution in [0.2, 0.25) is 0 Å². The van der Waals surface area contributed by atoms with E-state index in [0.717, 1.165) is 28.4 Å². The molecule has 0 radical (unpaired) electrons. The number of hydrogen-bond acceptors (Lipinski definition) is 3. The molecule has 65 heavy (non-hydrogen) atoms. The van der Waals surface area contributed by atoms with Gasteiger partial charge in [-0.2, -0.15) is 0 Å². The standard InChI is InChI=1S/C60H44BN3Si/c1-8-24-45(25-9-1)62(46-26-10-2-11-27-46)49-40-41-55-57(42-49)64(48-30-14-4-15-31-48)59-44-53(43-58-60(59)61(55)54-38-22-23-39-56(54)63(58)47-28-12-3-13-29-47)65(50-32-16-5-17-33-50,51-34-18-6-19-35-51)52-36-20-7-21-37-52/h1-44H. The summed E-state index contributed by atoms with van der Waals surface area (Å²) in [6.45, 7) is -0.0302. The molecule has 10 aromatic rings. The van der Waals surface area contributed by atoms with Gasteiger partial charge in [0.25, 0.3) is 6.71 Å². The van der Waals surface area contributed by atoms with Crippen LogP contribution in [-0.2, 0) is 0 Å². The van der Waals surface area contributed by atoms with Crippen LogP contribution in [0.25, 0.3) is 0 Å². The minimum atomic E-state index is -3.03. The third-order valence-corrected chi connectivity index (χ3v) is 18.1. The molecule has 0 amide bonds. The summed E-state index contributed by atoms with van der Waals surface area (Å²) in [7, 11) is -3.03. The lowest BCUT2D eigenvalue weighted by Crippen LogP contribution is -2.75. The van der Waals surface area contributed by atoms with E-state index in [1.807, 2.05) is 0 Å². The van der Waals surface area contributed by atoms with Crippen LogP contribution in [0.15, 0.2) is 267 Å². The highest BCUT2D eigenvalue weighted by atomic mass is 28.3. The summed E-state index contributed by atoms with van der Waals surface area (Å²) in [6, 6.07) is 98.7. The molecule has 0 aliphatic carbocycles. The number of nitrogens with zero attached hydrogens (tertiary/aromatic N) is 3. The van der Waals surface area contributed by atoms with Crippen LogP contribution in [0, 0.1) is 0 Å². The monoisotopic (exact) mass is 845 g/mol. The Hall–Kier alpha value is -8.12. The maximum atomic E-state index is 2.58. The van der Waals surface area contributed by atoms with Gasteiger partial charge < -0.3 is 14.7 Å². The van der Waals surface area contributed by atoms with E-state index in [9.17, 15) is 0 Å². The van der Waals surface area contributed by atoms with Crippen molar-refractivity contribution in [3.05, 3.63) is 267 Å². The van der Waals surface area contributed by atoms with Crippen molar-refractivity contribution in [3.63, 3.8) is 0 Å². The molecule has 2 aliphatic rings. The van der Waals surface area contributed by atoms with Gasteiger partial charge in [0.1, 0.15) is 0 Å². The normalized spacial score (nSPS) is 12.5. The first kappa shape index (κ1) is 38.5. The average Bonchev–Trinajstić information content (AvgIpc) is 3.38. The van der Waals surface area contributed by atoms with Gasteiger partial charge in [-0.15, -0.1) is 0 Å². The summed E-state index contributed by atoms with van der Waals surface area (Å²) in [4.78, 5) is 7.47. The molecule has 0 fully saturated rings. The van der Waals surface area contributed by atoms with Crippen molar-refractivity contribution in [1.82, 2.24) is 0 Å². The summed E-state index contributed by atoms with van der Waals surface area (Å²) in [5.41, 5.74) is 14.2.